The van der Waals surface area contributed by atoms with Gasteiger partial charge >= 0.3 is 0 Å². The van der Waals surface area contributed by atoms with E-state index in [9.17, 15) is 4.79 Å². The Balaban J connectivity index is 2.17. The van der Waals surface area contributed by atoms with Crippen molar-refractivity contribution in [1.29, 1.82) is 0 Å². The van der Waals surface area contributed by atoms with E-state index in [2.05, 4.69) is 0 Å². The lowest BCUT2D eigenvalue weighted by Crippen LogP contribution is -2.39. The molecular formula is C16H23NO4. The van der Waals surface area contributed by atoms with Gasteiger partial charge in [0.2, 0.25) is 5.91 Å². The van der Waals surface area contributed by atoms with E-state index in [1.807, 2.05) is 39.0 Å². The molecule has 1 atom stereocenters. The predicted molar refractivity (Wildman–Crippen MR) is 79.7 cm³/mol. The van der Waals surface area contributed by atoms with E-state index >= 15 is 0 Å². The summed E-state index contributed by atoms with van der Waals surface area (Å²) in [4.78, 5) is 11.7. The zero-order valence-electron chi connectivity index (χ0n) is 12.8. The number of amides is 1. The van der Waals surface area contributed by atoms with Crippen molar-refractivity contribution in [1.82, 2.24) is 0 Å². The van der Waals surface area contributed by atoms with E-state index in [0.29, 0.717) is 37.7 Å². The first-order valence-corrected chi connectivity index (χ1v) is 7.26. The first-order valence-electron chi connectivity index (χ1n) is 7.26. The van der Waals surface area contributed by atoms with Crippen LogP contribution in [0.2, 0.25) is 0 Å². The molecule has 1 aromatic carbocycles. The van der Waals surface area contributed by atoms with Gasteiger partial charge in [0.25, 0.3) is 0 Å². The lowest BCUT2D eigenvalue weighted by Gasteiger charge is -2.36. The van der Waals surface area contributed by atoms with E-state index in [1.165, 1.54) is 0 Å². The average molecular weight is 293 g/mol. The van der Waals surface area contributed by atoms with Crippen LogP contribution in [0.3, 0.4) is 0 Å². The second-order valence-electron chi connectivity index (χ2n) is 5.77. The van der Waals surface area contributed by atoms with Gasteiger partial charge in [-0.3, -0.25) is 4.79 Å². The maximum absolute atomic E-state index is 11.7. The molecule has 116 valence electrons. The van der Waals surface area contributed by atoms with Crippen molar-refractivity contribution in [2.75, 3.05) is 19.8 Å². The van der Waals surface area contributed by atoms with Crippen molar-refractivity contribution < 1.29 is 19.0 Å². The zero-order valence-corrected chi connectivity index (χ0v) is 12.8. The monoisotopic (exact) mass is 293 g/mol. The van der Waals surface area contributed by atoms with Gasteiger partial charge in [-0.05, 0) is 39.0 Å². The number of hydrogen-bond donors (Lipinski definition) is 1. The molecule has 0 aromatic heterocycles. The van der Waals surface area contributed by atoms with Crippen LogP contribution >= 0.6 is 0 Å². The first-order chi connectivity index (χ1) is 9.93. The Labute approximate surface area is 125 Å². The Morgan fingerprint density at radius 1 is 1.43 bits per heavy atom. The molecule has 1 aliphatic rings. The second kappa shape index (κ2) is 6.35. The van der Waals surface area contributed by atoms with Crippen LogP contribution < -0.4 is 15.2 Å². The molecule has 1 unspecified atom stereocenters. The molecule has 1 aromatic rings. The molecule has 0 aliphatic carbocycles. The molecule has 5 heteroatoms. The van der Waals surface area contributed by atoms with Gasteiger partial charge in [-0.1, -0.05) is 0 Å². The second-order valence-corrected chi connectivity index (χ2v) is 5.77. The number of carbonyl (C=O) groups excluding carboxylic acids is 1. The average Bonchev–Trinajstić information content (AvgIpc) is 2.42. The number of ether oxygens (including phenoxy) is 3. The third-order valence-corrected chi connectivity index (χ3v) is 3.48. The third-order valence-electron chi connectivity index (χ3n) is 3.48. The Bertz CT molecular complexity index is 513. The fourth-order valence-corrected chi connectivity index (χ4v) is 2.54. The Hall–Kier alpha value is -1.75. The van der Waals surface area contributed by atoms with Gasteiger partial charge in [-0.2, -0.15) is 0 Å². The summed E-state index contributed by atoms with van der Waals surface area (Å²) < 4.78 is 16.8. The molecule has 5 nitrogen and oxygen atoms in total. The third kappa shape index (κ3) is 3.88. The Morgan fingerprint density at radius 3 is 2.86 bits per heavy atom. The summed E-state index contributed by atoms with van der Waals surface area (Å²) in [6.45, 7) is 7.53. The normalized spacial score (nSPS) is 19.5. The zero-order chi connectivity index (χ0) is 15.5. The van der Waals surface area contributed by atoms with Crippen LogP contribution in [-0.4, -0.2) is 31.3 Å². The van der Waals surface area contributed by atoms with Crippen molar-refractivity contribution in [3.05, 3.63) is 23.8 Å². The van der Waals surface area contributed by atoms with Crippen LogP contribution in [-0.2, 0) is 9.53 Å². The van der Waals surface area contributed by atoms with Gasteiger partial charge in [-0.15, -0.1) is 0 Å². The SMILES string of the molecule is CCOCCOc1ccc2c(c1)C(C(N)=O)CC(C)(C)O2. The highest BCUT2D eigenvalue weighted by Gasteiger charge is 2.36. The minimum absolute atomic E-state index is 0.334. The Morgan fingerprint density at radius 2 is 2.19 bits per heavy atom. The standard InChI is InChI=1S/C16H23NO4/c1-4-19-7-8-20-11-5-6-14-12(9-11)13(15(17)18)10-16(2,3)21-14/h5-6,9,13H,4,7-8,10H2,1-3H3,(H2,17,18). The highest BCUT2D eigenvalue weighted by molar-refractivity contribution is 5.83. The van der Waals surface area contributed by atoms with Crippen LogP contribution in [0, 0.1) is 0 Å². The molecule has 0 bridgehead atoms. The molecule has 0 spiro atoms. The molecular weight excluding hydrogens is 270 g/mol. The van der Waals surface area contributed by atoms with Crippen molar-refractivity contribution in [2.24, 2.45) is 5.73 Å². The summed E-state index contributed by atoms with van der Waals surface area (Å²) in [5, 5.41) is 0. The topological polar surface area (TPSA) is 70.8 Å². The lowest BCUT2D eigenvalue weighted by molar-refractivity contribution is -0.121. The molecule has 2 N–H and O–H groups in total. The minimum Gasteiger partial charge on any atom is -0.491 e. The van der Waals surface area contributed by atoms with Crippen LogP contribution in [0.1, 0.15) is 38.7 Å². The number of hydrogen-bond acceptors (Lipinski definition) is 4. The fraction of sp³-hybridized carbons (Fsp3) is 0.562. The van der Waals surface area contributed by atoms with Gasteiger partial charge in [0.15, 0.2) is 0 Å². The number of benzene rings is 1. The minimum atomic E-state index is -0.399. The first kappa shape index (κ1) is 15.6. The van der Waals surface area contributed by atoms with Crippen LogP contribution in [0.5, 0.6) is 11.5 Å². The van der Waals surface area contributed by atoms with Crippen molar-refractivity contribution >= 4 is 5.91 Å². The number of fused-ring (bicyclic) bond motifs is 1. The number of primary amides is 1. The van der Waals surface area contributed by atoms with Crippen LogP contribution in [0.4, 0.5) is 0 Å². The largest absolute Gasteiger partial charge is 0.491 e. The van der Waals surface area contributed by atoms with Gasteiger partial charge < -0.3 is 19.9 Å². The van der Waals surface area contributed by atoms with E-state index in [4.69, 9.17) is 19.9 Å². The van der Waals surface area contributed by atoms with Crippen molar-refractivity contribution in [2.45, 2.75) is 38.7 Å². The molecule has 2 rings (SSSR count). The fourth-order valence-electron chi connectivity index (χ4n) is 2.54. The molecule has 0 fully saturated rings. The predicted octanol–water partition coefficient (Wildman–Crippen LogP) is 2.23. The summed E-state index contributed by atoms with van der Waals surface area (Å²) >= 11 is 0. The maximum atomic E-state index is 11.7. The smallest absolute Gasteiger partial charge is 0.225 e. The summed E-state index contributed by atoms with van der Waals surface area (Å²) in [6.07, 6.45) is 0.567. The molecule has 0 saturated heterocycles. The van der Waals surface area contributed by atoms with Gasteiger partial charge in [-0.25, -0.2) is 0 Å². The molecule has 0 radical (unpaired) electrons. The van der Waals surface area contributed by atoms with Gasteiger partial charge in [0.1, 0.15) is 23.7 Å². The molecule has 1 amide bonds. The van der Waals surface area contributed by atoms with Gasteiger partial charge in [0, 0.05) is 18.6 Å². The number of carbonyl (C=O) groups is 1. The molecule has 0 saturated carbocycles. The van der Waals surface area contributed by atoms with E-state index < -0.39 is 5.60 Å². The number of nitrogens with two attached hydrogens (primary N) is 1. The summed E-state index contributed by atoms with van der Waals surface area (Å²) in [6, 6.07) is 5.51. The molecule has 21 heavy (non-hydrogen) atoms. The number of rotatable bonds is 6. The van der Waals surface area contributed by atoms with Gasteiger partial charge in [0.05, 0.1) is 12.5 Å². The van der Waals surface area contributed by atoms with Crippen molar-refractivity contribution in [3.8, 4) is 11.5 Å². The lowest BCUT2D eigenvalue weighted by atomic mass is 9.84. The Kier molecular flexibility index (Phi) is 4.73. The maximum Gasteiger partial charge on any atom is 0.225 e. The summed E-state index contributed by atoms with van der Waals surface area (Å²) in [5.74, 6) is 0.716. The quantitative estimate of drug-likeness (QED) is 0.816. The molecule has 1 aliphatic heterocycles. The van der Waals surface area contributed by atoms with Crippen LogP contribution in [0.15, 0.2) is 18.2 Å². The van der Waals surface area contributed by atoms with E-state index in [0.717, 1.165) is 5.56 Å². The van der Waals surface area contributed by atoms with Crippen LogP contribution in [0.25, 0.3) is 0 Å². The van der Waals surface area contributed by atoms with Crippen molar-refractivity contribution in [3.63, 3.8) is 0 Å². The summed E-state index contributed by atoms with van der Waals surface area (Å²) in [5.41, 5.74) is 5.94. The highest BCUT2D eigenvalue weighted by Crippen LogP contribution is 2.42. The van der Waals surface area contributed by atoms with E-state index in [-0.39, 0.29) is 11.8 Å². The highest BCUT2D eigenvalue weighted by atomic mass is 16.5. The summed E-state index contributed by atoms with van der Waals surface area (Å²) in [7, 11) is 0. The van der Waals surface area contributed by atoms with E-state index in [1.54, 1.807) is 0 Å². The molecule has 1 heterocycles.